The van der Waals surface area contributed by atoms with Gasteiger partial charge in [0, 0.05) is 22.4 Å². The largest absolute Gasteiger partial charge is 0.493 e. The van der Waals surface area contributed by atoms with Gasteiger partial charge in [-0.05, 0) is 69.1 Å². The number of benzene rings is 2. The molecule has 0 radical (unpaired) electrons. The van der Waals surface area contributed by atoms with Gasteiger partial charge in [0.05, 0.1) is 14.2 Å². The first-order valence-corrected chi connectivity index (χ1v) is 13.5. The van der Waals surface area contributed by atoms with Crippen molar-refractivity contribution in [1.29, 1.82) is 0 Å². The Balaban J connectivity index is 1.71. The van der Waals surface area contributed by atoms with Crippen molar-refractivity contribution >= 4 is 35.2 Å². The molecule has 0 bridgehead atoms. The zero-order chi connectivity index (χ0) is 26.1. The van der Waals surface area contributed by atoms with Crippen LogP contribution in [-0.2, 0) is 11.4 Å². The van der Waals surface area contributed by atoms with E-state index in [0.29, 0.717) is 33.6 Å². The first-order chi connectivity index (χ1) is 17.3. The summed E-state index contributed by atoms with van der Waals surface area (Å²) >= 11 is 7.45. The van der Waals surface area contributed by atoms with Gasteiger partial charge in [-0.2, -0.15) is 11.8 Å². The average Bonchev–Trinajstić information content (AvgIpc) is 2.88. The van der Waals surface area contributed by atoms with E-state index in [4.69, 9.17) is 25.8 Å². The van der Waals surface area contributed by atoms with Gasteiger partial charge in [-0.3, -0.25) is 9.59 Å². The molecule has 10 heteroatoms. The van der Waals surface area contributed by atoms with Gasteiger partial charge >= 0.3 is 0 Å². The van der Waals surface area contributed by atoms with Gasteiger partial charge in [-0.1, -0.05) is 23.7 Å². The Labute approximate surface area is 222 Å². The molecule has 3 rings (SSSR count). The van der Waals surface area contributed by atoms with Gasteiger partial charge in [-0.25, -0.2) is 0 Å². The number of carbonyl (C=O) groups excluding carboxylic acids is 2. The highest BCUT2D eigenvalue weighted by molar-refractivity contribution is 7.98. The predicted octanol–water partition coefficient (Wildman–Crippen LogP) is 3.61. The molecule has 2 aromatic rings. The molecular formula is C26H34ClN3O5S. The van der Waals surface area contributed by atoms with Gasteiger partial charge in [0.15, 0.2) is 11.5 Å². The fraction of sp³-hybridized carbons (Fsp3) is 0.462. The molecule has 1 saturated heterocycles. The molecule has 36 heavy (non-hydrogen) atoms. The fourth-order valence-corrected chi connectivity index (χ4v) is 4.63. The van der Waals surface area contributed by atoms with Crippen molar-refractivity contribution in [2.75, 3.05) is 46.4 Å². The number of amides is 2. The number of hydrogen-bond acceptors (Lipinski definition) is 7. The third-order valence-electron chi connectivity index (χ3n) is 6.04. The Hall–Kier alpha value is -2.62. The molecule has 1 fully saturated rings. The summed E-state index contributed by atoms with van der Waals surface area (Å²) in [5.74, 6) is 0.979. The molecule has 0 aromatic heterocycles. The molecule has 0 unspecified atom stereocenters. The first-order valence-electron chi connectivity index (χ1n) is 11.8. The monoisotopic (exact) mass is 535 g/mol. The first kappa shape index (κ1) is 28.0. The van der Waals surface area contributed by atoms with E-state index in [1.54, 1.807) is 24.3 Å². The normalized spacial score (nSPS) is 15.1. The van der Waals surface area contributed by atoms with E-state index in [0.717, 1.165) is 31.5 Å². The molecule has 1 aliphatic heterocycles. The number of carbonyl (C=O) groups is 2. The highest BCUT2D eigenvalue weighted by Gasteiger charge is 2.26. The highest BCUT2D eigenvalue weighted by atomic mass is 35.5. The minimum Gasteiger partial charge on any atom is -0.493 e. The molecule has 0 spiro atoms. The van der Waals surface area contributed by atoms with Gasteiger partial charge in [-0.15, -0.1) is 0 Å². The van der Waals surface area contributed by atoms with E-state index in [9.17, 15) is 9.59 Å². The third-order valence-corrected chi connectivity index (χ3v) is 6.96. The second kappa shape index (κ2) is 13.6. The molecule has 1 aliphatic rings. The summed E-state index contributed by atoms with van der Waals surface area (Å²) in [6.07, 6.45) is 3.70. The Morgan fingerprint density at radius 2 is 1.72 bits per heavy atom. The molecule has 2 N–H and O–H groups in total. The van der Waals surface area contributed by atoms with Crippen LogP contribution in [0.3, 0.4) is 0 Å². The van der Waals surface area contributed by atoms with Crippen LogP contribution in [0, 0.1) is 0 Å². The standard InChI is InChI=1S/C26H34ClN3O5S/c1-30-11-9-20(10-12-30)28-26(32)21(16-36-4)29-25(31)18-13-22(33-2)24(23(14-18)34-3)35-15-17-5-7-19(27)8-6-17/h5-8,13-14,20-21H,9-12,15-16H2,1-4H3,(H,28,32)(H,29,31)/t21-/m0/s1. The lowest BCUT2D eigenvalue weighted by Crippen LogP contribution is -2.52. The Morgan fingerprint density at radius 1 is 1.11 bits per heavy atom. The number of nitrogens with zero attached hydrogens (tertiary/aromatic N) is 1. The number of ether oxygens (including phenoxy) is 3. The van der Waals surface area contributed by atoms with Crippen molar-refractivity contribution in [3.8, 4) is 17.2 Å². The van der Waals surface area contributed by atoms with Crippen molar-refractivity contribution in [3.05, 3.63) is 52.5 Å². The number of rotatable bonds is 11. The topological polar surface area (TPSA) is 89.1 Å². The Bertz CT molecular complexity index is 1000. The van der Waals surface area contributed by atoms with Gasteiger partial charge in [0.1, 0.15) is 12.6 Å². The van der Waals surface area contributed by atoms with E-state index in [-0.39, 0.29) is 18.6 Å². The maximum absolute atomic E-state index is 13.2. The second-order valence-corrected chi connectivity index (χ2v) is 10.0. The Morgan fingerprint density at radius 3 is 2.28 bits per heavy atom. The van der Waals surface area contributed by atoms with Gasteiger partial charge in [0.25, 0.3) is 5.91 Å². The smallest absolute Gasteiger partial charge is 0.252 e. The van der Waals surface area contributed by atoms with Crippen molar-refractivity contribution in [2.45, 2.75) is 31.5 Å². The molecule has 0 aliphatic carbocycles. The summed E-state index contributed by atoms with van der Waals surface area (Å²) in [7, 11) is 5.07. The lowest BCUT2D eigenvalue weighted by Gasteiger charge is -2.30. The summed E-state index contributed by atoms with van der Waals surface area (Å²) < 4.78 is 17.0. The van der Waals surface area contributed by atoms with Crippen molar-refractivity contribution in [3.63, 3.8) is 0 Å². The molecule has 8 nitrogen and oxygen atoms in total. The molecule has 2 amide bonds. The Kier molecular flexibility index (Phi) is 10.6. The summed E-state index contributed by atoms with van der Waals surface area (Å²) in [6.45, 7) is 2.15. The number of halogens is 1. The lowest BCUT2D eigenvalue weighted by molar-refractivity contribution is -0.123. The summed E-state index contributed by atoms with van der Waals surface area (Å²) in [5, 5.41) is 6.61. The van der Waals surface area contributed by atoms with Crippen LogP contribution in [0.2, 0.25) is 5.02 Å². The van der Waals surface area contributed by atoms with Crippen LogP contribution >= 0.6 is 23.4 Å². The van der Waals surface area contributed by atoms with E-state index >= 15 is 0 Å². The van der Waals surface area contributed by atoms with E-state index in [1.165, 1.54) is 26.0 Å². The fourth-order valence-electron chi connectivity index (χ4n) is 3.94. The quantitative estimate of drug-likeness (QED) is 0.454. The van der Waals surface area contributed by atoms with E-state index in [2.05, 4.69) is 22.6 Å². The number of thioether (sulfide) groups is 1. The van der Waals surface area contributed by atoms with Gasteiger partial charge in [0.2, 0.25) is 11.7 Å². The molecular weight excluding hydrogens is 502 g/mol. The second-order valence-electron chi connectivity index (χ2n) is 8.69. The van der Waals surface area contributed by atoms with Crippen LogP contribution in [-0.4, -0.2) is 75.2 Å². The predicted molar refractivity (Wildman–Crippen MR) is 144 cm³/mol. The van der Waals surface area contributed by atoms with Crippen LogP contribution in [0.15, 0.2) is 36.4 Å². The summed E-state index contributed by atoms with van der Waals surface area (Å²) in [4.78, 5) is 28.4. The van der Waals surface area contributed by atoms with Gasteiger partial charge < -0.3 is 29.7 Å². The molecule has 2 aromatic carbocycles. The highest BCUT2D eigenvalue weighted by Crippen LogP contribution is 2.39. The minimum atomic E-state index is -0.662. The molecule has 196 valence electrons. The number of nitrogens with one attached hydrogen (secondary N) is 2. The lowest BCUT2D eigenvalue weighted by atomic mass is 10.1. The van der Waals surface area contributed by atoms with Crippen LogP contribution < -0.4 is 24.8 Å². The molecule has 1 atom stereocenters. The zero-order valence-corrected chi connectivity index (χ0v) is 22.7. The molecule has 1 heterocycles. The van der Waals surface area contributed by atoms with Crippen LogP contribution in [0.4, 0.5) is 0 Å². The third kappa shape index (κ3) is 7.69. The summed E-state index contributed by atoms with van der Waals surface area (Å²) in [6, 6.07) is 9.93. The van der Waals surface area contributed by atoms with E-state index < -0.39 is 11.9 Å². The summed E-state index contributed by atoms with van der Waals surface area (Å²) in [5.41, 5.74) is 1.22. The van der Waals surface area contributed by atoms with Crippen molar-refractivity contribution in [1.82, 2.24) is 15.5 Å². The number of piperidine rings is 1. The minimum absolute atomic E-state index is 0.118. The number of hydrogen-bond donors (Lipinski definition) is 2. The van der Waals surface area contributed by atoms with Crippen LogP contribution in [0.5, 0.6) is 17.2 Å². The van der Waals surface area contributed by atoms with E-state index in [1.807, 2.05) is 18.4 Å². The van der Waals surface area contributed by atoms with Crippen molar-refractivity contribution in [2.24, 2.45) is 0 Å². The van der Waals surface area contributed by atoms with Crippen molar-refractivity contribution < 1.29 is 23.8 Å². The SMILES string of the molecule is COc1cc(C(=O)N[C@@H](CSC)C(=O)NC2CCN(C)CC2)cc(OC)c1OCc1ccc(Cl)cc1. The number of methoxy groups -OCH3 is 2. The maximum Gasteiger partial charge on any atom is 0.252 e. The average molecular weight is 536 g/mol. The number of likely N-dealkylation sites (tertiary alicyclic amines) is 1. The van der Waals surface area contributed by atoms with Crippen LogP contribution in [0.1, 0.15) is 28.8 Å². The maximum atomic E-state index is 13.2. The molecule has 0 saturated carbocycles. The zero-order valence-electron chi connectivity index (χ0n) is 21.1. The van der Waals surface area contributed by atoms with Crippen LogP contribution in [0.25, 0.3) is 0 Å².